The van der Waals surface area contributed by atoms with E-state index in [0.29, 0.717) is 16.7 Å². The molecule has 2 saturated heterocycles. The van der Waals surface area contributed by atoms with E-state index in [1.54, 1.807) is 121 Å². The van der Waals surface area contributed by atoms with E-state index in [-0.39, 0.29) is 52.5 Å². The van der Waals surface area contributed by atoms with Crippen molar-refractivity contribution >= 4 is 36.6 Å². The monoisotopic (exact) mass is 1240 g/mol. The summed E-state index contributed by atoms with van der Waals surface area (Å²) in [6, 6.07) is 40.6. The van der Waals surface area contributed by atoms with E-state index in [4.69, 9.17) is 56.8 Å². The Bertz CT molecular complexity index is 3200. The molecule has 26 heteroatoms. The van der Waals surface area contributed by atoms with Crippen molar-refractivity contribution in [1.82, 2.24) is 31.9 Å². The third kappa shape index (κ3) is 18.3. The molecular formula is C64H70N6O20. The van der Waals surface area contributed by atoms with Gasteiger partial charge in [-0.3, -0.25) is 0 Å². The molecule has 90 heavy (non-hydrogen) atoms. The number of rotatable bonds is 24. The zero-order chi connectivity index (χ0) is 62.6. The quantitative estimate of drug-likeness (QED) is 0.0283. The zero-order valence-electron chi connectivity index (χ0n) is 48.5. The van der Waals surface area contributed by atoms with Crippen LogP contribution in [-0.2, 0) is 89.9 Å². The van der Waals surface area contributed by atoms with Crippen LogP contribution in [0.3, 0.4) is 0 Å². The first-order chi connectivity index (χ1) is 43.9. The molecule has 15 atom stereocenters. The van der Waals surface area contributed by atoms with Gasteiger partial charge in [-0.1, -0.05) is 176 Å². The van der Waals surface area contributed by atoms with E-state index >= 15 is 0 Å². The molecule has 5 aliphatic rings. The van der Waals surface area contributed by atoms with Gasteiger partial charge in [-0.2, -0.15) is 0 Å². The lowest BCUT2D eigenvalue weighted by atomic mass is 9.83. The highest BCUT2D eigenvalue weighted by atomic mass is 16.8. The van der Waals surface area contributed by atoms with E-state index in [9.17, 15) is 39.0 Å². The topological polar surface area (TPSA) is 326 Å². The second-order valence-electron chi connectivity index (χ2n) is 21.4. The van der Waals surface area contributed by atoms with E-state index in [1.807, 2.05) is 54.6 Å². The van der Waals surface area contributed by atoms with Gasteiger partial charge in [0.2, 0.25) is 0 Å². The first-order valence-corrected chi connectivity index (χ1v) is 29.3. The number of carbonyl (C=O) groups excluding carboxylic acids is 6. The summed E-state index contributed by atoms with van der Waals surface area (Å²) in [6.07, 6.45) is -14.2. The van der Waals surface area contributed by atoms with Gasteiger partial charge in [0, 0.05) is 0 Å². The predicted octanol–water partition coefficient (Wildman–Crippen LogP) is 5.40. The number of fused-ring (bicyclic) bond motifs is 1. The van der Waals surface area contributed by atoms with Crippen LogP contribution < -0.4 is 31.9 Å². The first kappa shape index (κ1) is 63.9. The summed E-state index contributed by atoms with van der Waals surface area (Å²) in [6.45, 7) is -1.39. The summed E-state index contributed by atoms with van der Waals surface area (Å²) in [7, 11) is 0. The third-order valence-corrected chi connectivity index (χ3v) is 14.9. The Morgan fingerprint density at radius 3 is 1.26 bits per heavy atom. The highest BCUT2D eigenvalue weighted by Gasteiger charge is 2.57. The fourth-order valence-corrected chi connectivity index (χ4v) is 10.5. The Labute approximate surface area is 517 Å². The number of benzene rings is 5. The normalized spacial score (nSPS) is 27.3. The van der Waals surface area contributed by atoms with E-state index in [1.165, 1.54) is 0 Å². The summed E-state index contributed by atoms with van der Waals surface area (Å²) in [5, 5.41) is 39.7. The lowest BCUT2D eigenvalue weighted by Gasteiger charge is -2.45. The SMILES string of the molecule is O=C(NC[C@H]1C=C[C@@H](NC(=O)OCc2ccccc2)[C@@H](O[C@H]2[C@@H](O)[C@H](O[C@@H]3[C@H]4OC(=O)N[C@@H]4C[C@H](NC(=O)OCc4ccccc4)[C@H]3O[C@H]3O[C@H](CNC(=O)OCc4ccccc4)C=C[C@H]3NC(=O)OCc3ccccc3)O[C@@H]2CO)O1)OCc1ccccc1. The molecule has 0 bridgehead atoms. The third-order valence-electron chi connectivity index (χ3n) is 14.9. The van der Waals surface area contributed by atoms with Gasteiger partial charge in [0.1, 0.15) is 75.6 Å². The number of carbonyl (C=O) groups is 6. The average Bonchev–Trinajstić information content (AvgIpc) is 1.79. The number of amides is 6. The van der Waals surface area contributed by atoms with Crippen molar-refractivity contribution in [1.29, 1.82) is 0 Å². The Kier molecular flexibility index (Phi) is 22.6. The first-order valence-electron chi connectivity index (χ1n) is 29.3. The van der Waals surface area contributed by atoms with Crippen LogP contribution in [0.4, 0.5) is 28.8 Å². The maximum atomic E-state index is 13.9. The lowest BCUT2D eigenvalue weighted by molar-refractivity contribution is -0.278. The lowest BCUT2D eigenvalue weighted by Crippen LogP contribution is -2.65. The second-order valence-corrected chi connectivity index (χ2v) is 21.4. The van der Waals surface area contributed by atoms with Crippen LogP contribution in [0, 0.1) is 0 Å². The maximum Gasteiger partial charge on any atom is 0.408 e. The molecule has 10 rings (SSSR count). The molecule has 26 nitrogen and oxygen atoms in total. The van der Waals surface area contributed by atoms with Crippen LogP contribution in [-0.4, -0.2) is 158 Å². The summed E-state index contributed by atoms with van der Waals surface area (Å²) < 4.78 is 72.5. The molecule has 0 spiro atoms. The van der Waals surface area contributed by atoms with Gasteiger partial charge in [0.15, 0.2) is 25.0 Å². The van der Waals surface area contributed by atoms with Crippen molar-refractivity contribution < 1.29 is 95.8 Å². The number of ether oxygens (including phenoxy) is 12. The van der Waals surface area contributed by atoms with Gasteiger partial charge in [-0.15, -0.1) is 0 Å². The highest BCUT2D eigenvalue weighted by Crippen LogP contribution is 2.37. The van der Waals surface area contributed by atoms with Crippen LogP contribution >= 0.6 is 0 Å². The minimum atomic E-state index is -1.81. The van der Waals surface area contributed by atoms with E-state index in [0.717, 1.165) is 11.1 Å². The van der Waals surface area contributed by atoms with Gasteiger partial charge < -0.3 is 99.0 Å². The molecule has 1 aliphatic carbocycles. The van der Waals surface area contributed by atoms with Crippen molar-refractivity contribution in [2.75, 3.05) is 19.7 Å². The van der Waals surface area contributed by atoms with Crippen molar-refractivity contribution in [3.8, 4) is 0 Å². The van der Waals surface area contributed by atoms with Crippen molar-refractivity contribution in [2.45, 2.75) is 131 Å². The van der Waals surface area contributed by atoms with Crippen LogP contribution in [0.5, 0.6) is 0 Å². The highest BCUT2D eigenvalue weighted by molar-refractivity contribution is 5.72. The van der Waals surface area contributed by atoms with Crippen LogP contribution in [0.15, 0.2) is 176 Å². The summed E-state index contributed by atoms with van der Waals surface area (Å²) >= 11 is 0. The molecule has 3 fully saturated rings. The van der Waals surface area contributed by atoms with Crippen molar-refractivity contribution in [3.63, 3.8) is 0 Å². The molecule has 5 aromatic carbocycles. The predicted molar refractivity (Wildman–Crippen MR) is 314 cm³/mol. The molecule has 0 radical (unpaired) electrons. The number of nitrogens with one attached hydrogen (secondary N) is 6. The Morgan fingerprint density at radius 2 is 0.844 bits per heavy atom. The summed E-state index contributed by atoms with van der Waals surface area (Å²) in [4.78, 5) is 80.0. The molecular weight excluding hydrogens is 1170 g/mol. The zero-order valence-corrected chi connectivity index (χ0v) is 48.5. The number of alkyl carbamates (subject to hydrolysis) is 6. The fraction of sp³-hybridized carbons (Fsp3) is 0.375. The van der Waals surface area contributed by atoms with E-state index < -0.39 is 135 Å². The Hall–Kier alpha value is -9.12. The molecule has 4 heterocycles. The molecule has 8 N–H and O–H groups in total. The number of hydrogen-bond acceptors (Lipinski definition) is 20. The molecule has 5 aromatic rings. The Morgan fingerprint density at radius 1 is 0.467 bits per heavy atom. The van der Waals surface area contributed by atoms with Gasteiger partial charge in [0.05, 0.1) is 44.0 Å². The molecule has 4 aliphatic heterocycles. The van der Waals surface area contributed by atoms with Gasteiger partial charge >= 0.3 is 36.6 Å². The molecule has 1 saturated carbocycles. The second kappa shape index (κ2) is 31.9. The van der Waals surface area contributed by atoms with Gasteiger partial charge in [0.25, 0.3) is 0 Å². The van der Waals surface area contributed by atoms with Crippen LogP contribution in [0.2, 0.25) is 0 Å². The van der Waals surface area contributed by atoms with Crippen LogP contribution in [0.25, 0.3) is 0 Å². The summed E-state index contributed by atoms with van der Waals surface area (Å²) in [5.41, 5.74) is 3.60. The maximum absolute atomic E-state index is 13.9. The van der Waals surface area contributed by atoms with Gasteiger partial charge in [-0.05, 0) is 34.2 Å². The van der Waals surface area contributed by atoms with Gasteiger partial charge in [-0.25, -0.2) is 28.8 Å². The number of aliphatic hydroxyl groups excluding tert-OH is 2. The van der Waals surface area contributed by atoms with Crippen molar-refractivity contribution in [3.05, 3.63) is 204 Å². The van der Waals surface area contributed by atoms with Crippen LogP contribution in [0.1, 0.15) is 34.2 Å². The molecule has 0 aromatic heterocycles. The Balaban J connectivity index is 0.894. The standard InChI is InChI=1S/C64H70N6O20/c71-33-50-54(88-57-47(68-62(76)82-37-42-22-12-4-13-23-42)29-27-45(85-57)32-66-60(74)80-35-40-18-8-2-9-19-40)51(72)58(86-50)89-55-52(48(30-49-53(55)90-64(78)70-49)69-63(77)83-38-43-24-14-5-15-25-43)87-56-46(67-61(75)81-36-41-20-10-3-11-21-41)28-26-44(84-56)31-65-59(73)79-34-39-16-6-1-7-17-39/h1-29,44-58,71-72H,30-38H2,(H,65,73)(H,66,74)(H,67,75)(H,68,76)(H,69,77)(H,70,78)/t44-,45+,46+,47+,48-,49+,50+,51+,52+,53-,54+,55-,56+,57+,58-/m0/s1. The average molecular weight is 1240 g/mol. The fourth-order valence-electron chi connectivity index (χ4n) is 10.5. The smallest absolute Gasteiger partial charge is 0.408 e. The number of hydrogen-bond donors (Lipinski definition) is 8. The molecule has 0 unspecified atom stereocenters. The summed E-state index contributed by atoms with van der Waals surface area (Å²) in [5.74, 6) is 0. The minimum absolute atomic E-state index is 0.00203. The molecule has 6 amide bonds. The molecule has 476 valence electrons. The number of aliphatic hydroxyl groups is 2. The van der Waals surface area contributed by atoms with Crippen molar-refractivity contribution in [2.24, 2.45) is 0 Å². The largest absolute Gasteiger partial charge is 0.445 e. The minimum Gasteiger partial charge on any atom is -0.445 e. The van der Waals surface area contributed by atoms with E-state index in [2.05, 4.69) is 31.9 Å².